The number of aliphatic hydroxyl groups excluding tert-OH is 3. The third-order valence-electron chi connectivity index (χ3n) is 2.99. The number of hydrogen-bond donors (Lipinski definition) is 4. The lowest BCUT2D eigenvalue weighted by atomic mass is 10.1. The minimum atomic E-state index is -1.03. The Morgan fingerprint density at radius 1 is 1.31 bits per heavy atom. The molecule has 1 aliphatic heterocycles. The molecular weight excluding hydrogens is 212 g/mol. The Kier molecular flexibility index (Phi) is 5.60. The number of hydroxylamine groups is 2. The molecule has 1 aliphatic rings. The standard InChI is InChI=1S/C10H22N2O4/c1-2-3-4-11-7-12(16)5-9(14)10(15)8(11)6-13/h8-10,13-16H,2-7H2,1H3/t8?,9-,10?/m1/s1. The number of nitrogens with zero attached hydrogens (tertiary/aromatic N) is 2. The molecule has 0 saturated carbocycles. The molecule has 1 rings (SSSR count). The van der Waals surface area contributed by atoms with Crippen molar-refractivity contribution in [3.8, 4) is 0 Å². The second-order valence-corrected chi connectivity index (χ2v) is 4.30. The fourth-order valence-electron chi connectivity index (χ4n) is 1.99. The van der Waals surface area contributed by atoms with E-state index in [1.165, 1.54) is 0 Å². The molecule has 0 aromatic heterocycles. The first-order valence-electron chi connectivity index (χ1n) is 5.75. The van der Waals surface area contributed by atoms with Crippen molar-refractivity contribution < 1.29 is 20.5 Å². The summed E-state index contributed by atoms with van der Waals surface area (Å²) in [6.07, 6.45) is -0.140. The molecule has 6 nitrogen and oxygen atoms in total. The van der Waals surface area contributed by atoms with Crippen molar-refractivity contribution >= 4 is 0 Å². The van der Waals surface area contributed by atoms with Crippen molar-refractivity contribution in [2.45, 2.75) is 38.0 Å². The Morgan fingerprint density at radius 3 is 2.56 bits per heavy atom. The Bertz CT molecular complexity index is 205. The molecule has 0 radical (unpaired) electrons. The van der Waals surface area contributed by atoms with Gasteiger partial charge < -0.3 is 20.5 Å². The van der Waals surface area contributed by atoms with E-state index >= 15 is 0 Å². The highest BCUT2D eigenvalue weighted by Gasteiger charge is 2.35. The predicted octanol–water partition coefficient (Wildman–Crippen LogP) is -1.17. The molecule has 0 spiro atoms. The fraction of sp³-hybridized carbons (Fsp3) is 1.00. The van der Waals surface area contributed by atoms with Gasteiger partial charge in [0.15, 0.2) is 0 Å². The molecule has 0 aromatic carbocycles. The fourth-order valence-corrected chi connectivity index (χ4v) is 1.99. The maximum atomic E-state index is 9.82. The number of hydrogen-bond acceptors (Lipinski definition) is 6. The largest absolute Gasteiger partial charge is 0.395 e. The number of unbranched alkanes of at least 4 members (excludes halogenated alkanes) is 1. The highest BCUT2D eigenvalue weighted by Crippen LogP contribution is 2.15. The molecule has 2 unspecified atom stereocenters. The van der Waals surface area contributed by atoms with Gasteiger partial charge in [-0.1, -0.05) is 13.3 Å². The number of aliphatic hydroxyl groups is 3. The minimum Gasteiger partial charge on any atom is -0.395 e. The molecule has 6 heteroatoms. The van der Waals surface area contributed by atoms with E-state index in [-0.39, 0.29) is 19.8 Å². The normalized spacial score (nSPS) is 33.9. The van der Waals surface area contributed by atoms with Crippen LogP contribution in [0.4, 0.5) is 0 Å². The van der Waals surface area contributed by atoms with Crippen LogP contribution in [0.25, 0.3) is 0 Å². The molecule has 1 saturated heterocycles. The maximum absolute atomic E-state index is 9.82. The van der Waals surface area contributed by atoms with Crippen LogP contribution in [0.2, 0.25) is 0 Å². The molecular formula is C10H22N2O4. The van der Waals surface area contributed by atoms with E-state index in [4.69, 9.17) is 0 Å². The van der Waals surface area contributed by atoms with Crippen LogP contribution in [0.1, 0.15) is 19.8 Å². The summed E-state index contributed by atoms with van der Waals surface area (Å²) in [4.78, 5) is 1.80. The van der Waals surface area contributed by atoms with Gasteiger partial charge in [0, 0.05) is 0 Å². The van der Waals surface area contributed by atoms with Gasteiger partial charge in [-0.25, -0.2) is 0 Å². The van der Waals surface area contributed by atoms with Gasteiger partial charge in [0.25, 0.3) is 0 Å². The number of rotatable bonds is 4. The molecule has 3 atom stereocenters. The lowest BCUT2D eigenvalue weighted by molar-refractivity contribution is -0.134. The summed E-state index contributed by atoms with van der Waals surface area (Å²) in [6.45, 7) is 2.74. The average molecular weight is 234 g/mol. The van der Waals surface area contributed by atoms with Crippen LogP contribution < -0.4 is 0 Å². The molecule has 0 bridgehead atoms. The van der Waals surface area contributed by atoms with Crippen molar-refractivity contribution in [2.24, 2.45) is 0 Å². The summed E-state index contributed by atoms with van der Waals surface area (Å²) in [5.74, 6) is 0. The van der Waals surface area contributed by atoms with Gasteiger partial charge in [-0.15, -0.1) is 0 Å². The van der Waals surface area contributed by atoms with E-state index in [1.54, 1.807) is 4.90 Å². The highest BCUT2D eigenvalue weighted by molar-refractivity contribution is 4.86. The van der Waals surface area contributed by atoms with Crippen molar-refractivity contribution in [1.29, 1.82) is 0 Å². The molecule has 4 N–H and O–H groups in total. The van der Waals surface area contributed by atoms with Crippen LogP contribution in [0.3, 0.4) is 0 Å². The summed E-state index contributed by atoms with van der Waals surface area (Å²) in [5, 5.41) is 39.1. The Morgan fingerprint density at radius 2 is 2.00 bits per heavy atom. The first-order chi connectivity index (χ1) is 7.60. The SMILES string of the molecule is CCCCN1CN(O)C[C@@H](O)C(O)C1CO. The molecule has 0 amide bonds. The zero-order valence-corrected chi connectivity index (χ0v) is 9.66. The zero-order valence-electron chi connectivity index (χ0n) is 9.66. The van der Waals surface area contributed by atoms with Gasteiger partial charge in [0.2, 0.25) is 0 Å². The van der Waals surface area contributed by atoms with E-state index in [0.29, 0.717) is 6.54 Å². The maximum Gasteiger partial charge on any atom is 0.0990 e. The lowest BCUT2D eigenvalue weighted by Gasteiger charge is -2.32. The topological polar surface area (TPSA) is 87.4 Å². The van der Waals surface area contributed by atoms with E-state index in [0.717, 1.165) is 17.9 Å². The van der Waals surface area contributed by atoms with E-state index < -0.39 is 18.2 Å². The third-order valence-corrected chi connectivity index (χ3v) is 2.99. The summed E-state index contributed by atoms with van der Waals surface area (Å²) in [7, 11) is 0. The Balaban J connectivity index is 2.69. The highest BCUT2D eigenvalue weighted by atomic mass is 16.5. The van der Waals surface area contributed by atoms with Crippen molar-refractivity contribution in [3.05, 3.63) is 0 Å². The van der Waals surface area contributed by atoms with Gasteiger partial charge in [0.05, 0.1) is 38.1 Å². The van der Waals surface area contributed by atoms with Crippen molar-refractivity contribution in [3.63, 3.8) is 0 Å². The minimum absolute atomic E-state index is 0.000289. The van der Waals surface area contributed by atoms with Crippen LogP contribution in [0, 0.1) is 0 Å². The first-order valence-corrected chi connectivity index (χ1v) is 5.75. The van der Waals surface area contributed by atoms with E-state index in [1.807, 2.05) is 6.92 Å². The van der Waals surface area contributed by atoms with Crippen LogP contribution in [-0.4, -0.2) is 75.1 Å². The quantitative estimate of drug-likeness (QED) is 0.490. The van der Waals surface area contributed by atoms with Gasteiger partial charge >= 0.3 is 0 Å². The Labute approximate surface area is 95.7 Å². The molecule has 16 heavy (non-hydrogen) atoms. The molecule has 96 valence electrons. The van der Waals surface area contributed by atoms with E-state index in [9.17, 15) is 20.5 Å². The molecule has 0 aliphatic carbocycles. The van der Waals surface area contributed by atoms with Crippen molar-refractivity contribution in [1.82, 2.24) is 9.96 Å². The van der Waals surface area contributed by atoms with Gasteiger partial charge in [-0.3, -0.25) is 4.90 Å². The predicted molar refractivity (Wildman–Crippen MR) is 57.9 cm³/mol. The van der Waals surface area contributed by atoms with Crippen LogP contribution >= 0.6 is 0 Å². The Hall–Kier alpha value is -0.240. The van der Waals surface area contributed by atoms with E-state index in [2.05, 4.69) is 0 Å². The monoisotopic (exact) mass is 234 g/mol. The summed E-state index contributed by atoms with van der Waals surface area (Å²) in [6, 6.07) is -0.515. The third kappa shape index (κ3) is 3.38. The second kappa shape index (κ2) is 6.48. The zero-order chi connectivity index (χ0) is 12.1. The molecule has 0 aromatic rings. The number of β-amino-alcohol motifs (C(OH)–C–C–N with tert-alkyl or cyclic N) is 1. The van der Waals surface area contributed by atoms with Gasteiger partial charge in [-0.05, 0) is 13.0 Å². The van der Waals surface area contributed by atoms with Crippen LogP contribution in [-0.2, 0) is 0 Å². The molecule has 1 fully saturated rings. The van der Waals surface area contributed by atoms with Gasteiger partial charge in [0.1, 0.15) is 0 Å². The second-order valence-electron chi connectivity index (χ2n) is 4.30. The first kappa shape index (κ1) is 13.8. The van der Waals surface area contributed by atoms with Crippen LogP contribution in [0.5, 0.6) is 0 Å². The molecule has 1 heterocycles. The summed E-state index contributed by atoms with van der Waals surface area (Å²) >= 11 is 0. The van der Waals surface area contributed by atoms with Crippen molar-refractivity contribution in [2.75, 3.05) is 26.4 Å². The van der Waals surface area contributed by atoms with Crippen LogP contribution in [0.15, 0.2) is 0 Å². The summed E-state index contributed by atoms with van der Waals surface area (Å²) < 4.78 is 0. The smallest absolute Gasteiger partial charge is 0.0990 e. The lowest BCUT2D eigenvalue weighted by Crippen LogP contribution is -2.49. The average Bonchev–Trinajstić information content (AvgIpc) is 2.34. The van der Waals surface area contributed by atoms with Gasteiger partial charge in [-0.2, -0.15) is 5.06 Å². The summed E-state index contributed by atoms with van der Waals surface area (Å²) in [5.41, 5.74) is 0.